The van der Waals surface area contributed by atoms with Crippen molar-refractivity contribution in [2.75, 3.05) is 13.1 Å². The van der Waals surface area contributed by atoms with Gasteiger partial charge in [0, 0.05) is 25.1 Å². The van der Waals surface area contributed by atoms with E-state index in [0.29, 0.717) is 23.4 Å². The van der Waals surface area contributed by atoms with Crippen molar-refractivity contribution in [1.82, 2.24) is 4.90 Å². The molecule has 206 valence electrons. The van der Waals surface area contributed by atoms with Crippen LogP contribution in [-0.4, -0.2) is 40.7 Å². The van der Waals surface area contributed by atoms with E-state index in [1.165, 1.54) is 24.0 Å². The number of allylic oxidation sites excluding steroid dienone is 2. The number of nitriles is 1. The Morgan fingerprint density at radius 3 is 2.33 bits per heavy atom. The third-order valence-corrected chi connectivity index (χ3v) is 5.95. The van der Waals surface area contributed by atoms with Gasteiger partial charge in [0.05, 0.1) is 23.7 Å². The van der Waals surface area contributed by atoms with E-state index in [0.717, 1.165) is 37.5 Å². The summed E-state index contributed by atoms with van der Waals surface area (Å²) in [6.45, 7) is 17.2. The van der Waals surface area contributed by atoms with Crippen LogP contribution in [0.2, 0.25) is 0 Å². The van der Waals surface area contributed by atoms with Crippen LogP contribution in [0, 0.1) is 18.3 Å². The number of nitrogens with two attached hydrogens (primary N) is 1. The van der Waals surface area contributed by atoms with E-state index in [9.17, 15) is 9.90 Å². The summed E-state index contributed by atoms with van der Waals surface area (Å²) in [7, 11) is 0. The highest BCUT2D eigenvalue weighted by Crippen LogP contribution is 2.29. The summed E-state index contributed by atoms with van der Waals surface area (Å²) in [5, 5.41) is 18.0. The molecule has 39 heavy (non-hydrogen) atoms. The van der Waals surface area contributed by atoms with Crippen molar-refractivity contribution in [3.8, 4) is 11.8 Å². The molecule has 2 aromatic rings. The maximum atomic E-state index is 10.3. The van der Waals surface area contributed by atoms with Crippen molar-refractivity contribution in [1.29, 1.82) is 5.26 Å². The molecule has 0 aliphatic carbocycles. The van der Waals surface area contributed by atoms with Crippen molar-refractivity contribution in [3.63, 3.8) is 0 Å². The van der Waals surface area contributed by atoms with E-state index in [4.69, 9.17) is 21.0 Å². The molecule has 7 heteroatoms. The normalized spacial score (nSPS) is 13.7. The van der Waals surface area contributed by atoms with Gasteiger partial charge in [-0.25, -0.2) is 9.98 Å². The maximum absolute atomic E-state index is 10.3. The fraction of sp³-hybridized carbons (Fsp3) is 0.312. The molecule has 0 radical (unpaired) electrons. The number of aliphatic imine (C=N–C) groups is 2. The number of carbonyl (C=O) groups is 1. The molecule has 2 heterocycles. The predicted octanol–water partition coefficient (Wildman–Crippen LogP) is 6.55. The van der Waals surface area contributed by atoms with E-state index in [-0.39, 0.29) is 11.7 Å². The second-order valence-corrected chi connectivity index (χ2v) is 8.67. The van der Waals surface area contributed by atoms with Crippen LogP contribution in [0.25, 0.3) is 0 Å². The maximum Gasteiger partial charge on any atom is 0.244 e. The second-order valence-electron chi connectivity index (χ2n) is 8.67. The first kappa shape index (κ1) is 32.6. The second kappa shape index (κ2) is 17.9. The number of phenolic OH excluding ortho intramolecular Hbond substituents is 1. The Bertz CT molecular complexity index is 1230. The van der Waals surface area contributed by atoms with Gasteiger partial charge in [0.2, 0.25) is 5.91 Å². The number of hydrogen-bond donors (Lipinski definition) is 2. The van der Waals surface area contributed by atoms with Gasteiger partial charge in [-0.05, 0) is 62.4 Å². The van der Waals surface area contributed by atoms with Gasteiger partial charge in [-0.1, -0.05) is 43.3 Å². The SMILES string of the molecule is C/C=C(\CC)C(N)=O.C=C.C=CCC#N.Cc1ccc2c(c1)N=C(c1ccccc1O)N=C(N1CCCC1)C2. The van der Waals surface area contributed by atoms with Crippen LogP contribution in [0.3, 0.4) is 0 Å². The number of rotatable bonds is 4. The topological polar surface area (TPSA) is 115 Å². The number of aromatic hydroxyl groups is 1. The highest BCUT2D eigenvalue weighted by atomic mass is 16.3. The molecule has 0 bridgehead atoms. The van der Waals surface area contributed by atoms with Crippen molar-refractivity contribution < 1.29 is 9.90 Å². The summed E-state index contributed by atoms with van der Waals surface area (Å²) in [4.78, 5) is 22.3. The lowest BCUT2D eigenvalue weighted by atomic mass is 10.1. The minimum Gasteiger partial charge on any atom is -0.507 e. The van der Waals surface area contributed by atoms with Crippen LogP contribution in [-0.2, 0) is 11.2 Å². The summed E-state index contributed by atoms with van der Waals surface area (Å²) >= 11 is 0. The van der Waals surface area contributed by atoms with Crippen molar-refractivity contribution in [2.45, 2.75) is 52.9 Å². The Morgan fingerprint density at radius 2 is 1.85 bits per heavy atom. The van der Waals surface area contributed by atoms with Crippen molar-refractivity contribution >= 4 is 23.3 Å². The lowest BCUT2D eigenvalue weighted by molar-refractivity contribution is -0.114. The molecule has 0 saturated carbocycles. The number of aryl methyl sites for hydroxylation is 1. The lowest BCUT2D eigenvalue weighted by Gasteiger charge is -2.19. The Hall–Kier alpha value is -4.44. The highest BCUT2D eigenvalue weighted by Gasteiger charge is 2.22. The number of amidine groups is 2. The van der Waals surface area contributed by atoms with Gasteiger partial charge >= 0.3 is 0 Å². The van der Waals surface area contributed by atoms with Gasteiger partial charge in [-0.3, -0.25) is 4.79 Å². The van der Waals surface area contributed by atoms with E-state index in [1.807, 2.05) is 38.1 Å². The molecule has 2 aliphatic heterocycles. The molecule has 3 N–H and O–H groups in total. The Kier molecular flexibility index (Phi) is 15.0. The molecule has 2 aliphatic rings. The quantitative estimate of drug-likeness (QED) is 0.347. The number of benzene rings is 2. The molecule has 0 spiro atoms. The number of amides is 1. The fourth-order valence-corrected chi connectivity index (χ4v) is 3.92. The molecule has 0 unspecified atom stereocenters. The minimum atomic E-state index is -0.310. The monoisotopic (exact) mass is 527 g/mol. The zero-order valence-corrected chi connectivity index (χ0v) is 23.5. The smallest absolute Gasteiger partial charge is 0.244 e. The first-order chi connectivity index (χ1) is 18.8. The Balaban J connectivity index is 0.000000423. The van der Waals surface area contributed by atoms with E-state index >= 15 is 0 Å². The van der Waals surface area contributed by atoms with Gasteiger partial charge < -0.3 is 15.7 Å². The molecular formula is C32H41N5O2. The minimum absolute atomic E-state index is 0.219. The Morgan fingerprint density at radius 1 is 1.18 bits per heavy atom. The molecule has 1 fully saturated rings. The standard InChI is InChI=1S/C20H21N3O.C6H11NO.C4H5N.C2H4/c1-14-8-9-15-13-19(23-10-4-5-11-23)22-20(21-17(15)12-14)16-6-2-3-7-18(16)24;1-3-5(4-2)6(7)8;1-2-3-4-5;1-2/h2-3,6-9,12,24H,4-5,10-11,13H2,1H3;3H,4H2,1-2H3,(H2,7,8);2H,1,3H2;1-2H2/b;5-3+;;. The van der Waals surface area contributed by atoms with Gasteiger partial charge in [-0.15, -0.1) is 19.7 Å². The van der Waals surface area contributed by atoms with Gasteiger partial charge in [0.15, 0.2) is 5.84 Å². The van der Waals surface area contributed by atoms with Crippen LogP contribution in [0.15, 0.2) is 89.9 Å². The van der Waals surface area contributed by atoms with E-state index in [1.54, 1.807) is 18.2 Å². The third-order valence-electron chi connectivity index (χ3n) is 5.95. The number of hydrogen-bond acceptors (Lipinski definition) is 6. The third kappa shape index (κ3) is 10.4. The molecule has 7 nitrogen and oxygen atoms in total. The summed E-state index contributed by atoms with van der Waals surface area (Å²) in [6.07, 6.45) is 7.70. The molecule has 0 aromatic heterocycles. The van der Waals surface area contributed by atoms with Gasteiger partial charge in [-0.2, -0.15) is 5.26 Å². The lowest BCUT2D eigenvalue weighted by Crippen LogP contribution is -2.30. The summed E-state index contributed by atoms with van der Waals surface area (Å²) in [6, 6.07) is 15.6. The average Bonchev–Trinajstić information content (AvgIpc) is 3.41. The average molecular weight is 528 g/mol. The summed E-state index contributed by atoms with van der Waals surface area (Å²) in [5.41, 5.74) is 9.65. The highest BCUT2D eigenvalue weighted by molar-refractivity contribution is 6.10. The van der Waals surface area contributed by atoms with Crippen molar-refractivity contribution in [2.24, 2.45) is 15.7 Å². The molecular weight excluding hydrogens is 486 g/mol. The zero-order valence-electron chi connectivity index (χ0n) is 23.5. The number of para-hydroxylation sites is 1. The zero-order chi connectivity index (χ0) is 29.2. The van der Waals surface area contributed by atoms with Crippen molar-refractivity contribution in [3.05, 3.63) is 96.6 Å². The number of phenols is 1. The summed E-state index contributed by atoms with van der Waals surface area (Å²) < 4.78 is 0. The number of carbonyl (C=O) groups excluding carboxylic acids is 1. The largest absolute Gasteiger partial charge is 0.507 e. The van der Waals surface area contributed by atoms with E-state index in [2.05, 4.69) is 49.8 Å². The predicted molar refractivity (Wildman–Crippen MR) is 162 cm³/mol. The van der Waals surface area contributed by atoms with Crippen LogP contribution >= 0.6 is 0 Å². The molecule has 0 atom stereocenters. The number of likely N-dealkylation sites (tertiary alicyclic amines) is 1. The van der Waals surface area contributed by atoms with Gasteiger partial charge in [0.25, 0.3) is 0 Å². The van der Waals surface area contributed by atoms with Crippen LogP contribution in [0.1, 0.15) is 56.2 Å². The first-order valence-electron chi connectivity index (χ1n) is 13.1. The number of primary amides is 1. The summed E-state index contributed by atoms with van der Waals surface area (Å²) in [5.74, 6) is 1.56. The Labute approximate surface area is 233 Å². The molecule has 4 rings (SSSR count). The van der Waals surface area contributed by atoms with Gasteiger partial charge in [0.1, 0.15) is 11.6 Å². The first-order valence-corrected chi connectivity index (χ1v) is 13.1. The molecule has 2 aromatic carbocycles. The van der Waals surface area contributed by atoms with Crippen LogP contribution < -0.4 is 5.73 Å². The van der Waals surface area contributed by atoms with Crippen LogP contribution in [0.5, 0.6) is 5.75 Å². The number of fused-ring (bicyclic) bond motifs is 1. The molecule has 1 amide bonds. The fourth-order valence-electron chi connectivity index (χ4n) is 3.92. The van der Waals surface area contributed by atoms with E-state index < -0.39 is 0 Å². The number of nitrogens with zero attached hydrogens (tertiary/aromatic N) is 4. The molecule has 1 saturated heterocycles. The van der Waals surface area contributed by atoms with Crippen LogP contribution in [0.4, 0.5) is 5.69 Å².